The molecule has 0 fully saturated rings. The summed E-state index contributed by atoms with van der Waals surface area (Å²) < 4.78 is 0. The van der Waals surface area contributed by atoms with Gasteiger partial charge in [0.25, 0.3) is 0 Å². The molecule has 0 saturated heterocycles. The standard InChI is InChI=1S/C13H12N4O.ClH/c1-11(10-18)16-17(12-6-2-4-8-14-12)13-7-3-5-9-15-13;/h2-10H,1H3;1H. The Morgan fingerprint density at radius 3 is 2.00 bits per heavy atom. The van der Waals surface area contributed by atoms with E-state index in [1.165, 1.54) is 5.01 Å². The van der Waals surface area contributed by atoms with Crippen LogP contribution in [0.5, 0.6) is 0 Å². The van der Waals surface area contributed by atoms with E-state index in [9.17, 15) is 4.79 Å². The molecule has 0 saturated carbocycles. The maximum absolute atomic E-state index is 10.7. The van der Waals surface area contributed by atoms with Gasteiger partial charge in [-0.25, -0.2) is 9.97 Å². The highest BCUT2D eigenvalue weighted by Crippen LogP contribution is 2.20. The van der Waals surface area contributed by atoms with Crippen molar-refractivity contribution in [2.45, 2.75) is 6.92 Å². The van der Waals surface area contributed by atoms with Crippen molar-refractivity contribution < 1.29 is 4.79 Å². The van der Waals surface area contributed by atoms with Gasteiger partial charge in [0, 0.05) is 12.4 Å². The first-order chi connectivity index (χ1) is 8.81. The number of anilines is 2. The minimum absolute atomic E-state index is 0. The Morgan fingerprint density at radius 2 is 1.63 bits per heavy atom. The van der Waals surface area contributed by atoms with Gasteiger partial charge < -0.3 is 0 Å². The van der Waals surface area contributed by atoms with Crippen molar-refractivity contribution in [3.63, 3.8) is 0 Å². The van der Waals surface area contributed by atoms with Crippen LogP contribution in [-0.2, 0) is 4.79 Å². The number of nitrogens with zero attached hydrogens (tertiary/aromatic N) is 4. The van der Waals surface area contributed by atoms with Crippen LogP contribution in [-0.4, -0.2) is 22.0 Å². The average Bonchev–Trinajstić information content (AvgIpc) is 2.46. The van der Waals surface area contributed by atoms with Gasteiger partial charge >= 0.3 is 0 Å². The molecule has 0 aliphatic carbocycles. The SMILES string of the molecule is CC(C=O)=NN(c1ccccn1)c1ccccn1.Cl. The molecule has 2 aromatic heterocycles. The van der Waals surface area contributed by atoms with Crippen molar-refractivity contribution in [2.24, 2.45) is 5.10 Å². The minimum Gasteiger partial charge on any atom is -0.296 e. The molecule has 6 heteroatoms. The van der Waals surface area contributed by atoms with Gasteiger partial charge in [-0.1, -0.05) is 12.1 Å². The molecule has 0 atom stereocenters. The third-order valence-corrected chi connectivity index (χ3v) is 2.16. The maximum Gasteiger partial charge on any atom is 0.165 e. The fourth-order valence-electron chi connectivity index (χ4n) is 1.36. The van der Waals surface area contributed by atoms with Crippen LogP contribution in [0.3, 0.4) is 0 Å². The third-order valence-electron chi connectivity index (χ3n) is 2.16. The average molecular weight is 277 g/mol. The molecule has 2 heterocycles. The number of aromatic nitrogens is 2. The molecule has 0 amide bonds. The first kappa shape index (κ1) is 14.8. The van der Waals surface area contributed by atoms with Crippen LogP contribution in [0, 0.1) is 0 Å². The first-order valence-electron chi connectivity index (χ1n) is 5.44. The number of rotatable bonds is 4. The molecule has 0 radical (unpaired) electrons. The molecule has 19 heavy (non-hydrogen) atoms. The number of hydrazone groups is 1. The summed E-state index contributed by atoms with van der Waals surface area (Å²) in [5.41, 5.74) is 0.353. The molecule has 0 aliphatic heterocycles. The number of carbonyl (C=O) groups is 1. The molecule has 98 valence electrons. The lowest BCUT2D eigenvalue weighted by Crippen LogP contribution is -2.14. The molecule has 0 bridgehead atoms. The minimum atomic E-state index is 0. The van der Waals surface area contributed by atoms with E-state index in [1.807, 2.05) is 24.3 Å². The number of carbonyl (C=O) groups excluding carboxylic acids is 1. The van der Waals surface area contributed by atoms with Crippen LogP contribution in [0.1, 0.15) is 6.92 Å². The first-order valence-corrected chi connectivity index (χ1v) is 5.44. The fraction of sp³-hybridized carbons (Fsp3) is 0.0769. The summed E-state index contributed by atoms with van der Waals surface area (Å²) in [6.07, 6.45) is 4.02. The van der Waals surface area contributed by atoms with E-state index in [1.54, 1.807) is 31.5 Å². The molecule has 0 aromatic carbocycles. The number of aldehydes is 1. The monoisotopic (exact) mass is 276 g/mol. The van der Waals surface area contributed by atoms with Gasteiger partial charge in [0.05, 0.1) is 5.71 Å². The third kappa shape index (κ3) is 3.86. The van der Waals surface area contributed by atoms with E-state index in [0.717, 1.165) is 0 Å². The smallest absolute Gasteiger partial charge is 0.165 e. The second-order valence-corrected chi connectivity index (χ2v) is 3.55. The quantitative estimate of drug-likeness (QED) is 0.489. The zero-order valence-corrected chi connectivity index (χ0v) is 11.1. The van der Waals surface area contributed by atoms with E-state index in [-0.39, 0.29) is 12.4 Å². The highest BCUT2D eigenvalue weighted by atomic mass is 35.5. The molecular weight excluding hydrogens is 264 g/mol. The lowest BCUT2D eigenvalue weighted by Gasteiger charge is -2.16. The second-order valence-electron chi connectivity index (χ2n) is 3.55. The summed E-state index contributed by atoms with van der Waals surface area (Å²) in [6, 6.07) is 10.9. The topological polar surface area (TPSA) is 58.5 Å². The zero-order valence-electron chi connectivity index (χ0n) is 10.3. The molecular formula is C13H13ClN4O. The second kappa shape index (κ2) is 7.23. The van der Waals surface area contributed by atoms with Gasteiger partial charge in [0.2, 0.25) is 0 Å². The summed E-state index contributed by atoms with van der Waals surface area (Å²) >= 11 is 0. The Labute approximate surface area is 117 Å². The molecule has 2 rings (SSSR count). The van der Waals surface area contributed by atoms with Crippen LogP contribution in [0.15, 0.2) is 53.9 Å². The van der Waals surface area contributed by atoms with Crippen molar-refractivity contribution in [1.29, 1.82) is 0 Å². The van der Waals surface area contributed by atoms with E-state index < -0.39 is 0 Å². The van der Waals surface area contributed by atoms with E-state index in [2.05, 4.69) is 15.1 Å². The Bertz CT molecular complexity index is 506. The largest absolute Gasteiger partial charge is 0.296 e. The van der Waals surface area contributed by atoms with Gasteiger partial charge in [-0.15, -0.1) is 12.4 Å². The summed E-state index contributed by atoms with van der Waals surface area (Å²) in [5.74, 6) is 1.22. The van der Waals surface area contributed by atoms with Gasteiger partial charge in [-0.05, 0) is 31.2 Å². The van der Waals surface area contributed by atoms with Crippen molar-refractivity contribution in [3.8, 4) is 0 Å². The van der Waals surface area contributed by atoms with Gasteiger partial charge in [0.1, 0.15) is 0 Å². The van der Waals surface area contributed by atoms with Crippen LogP contribution >= 0.6 is 12.4 Å². The predicted molar refractivity (Wildman–Crippen MR) is 77.0 cm³/mol. The predicted octanol–water partition coefficient (Wildman–Crippen LogP) is 2.61. The number of halogens is 1. The zero-order chi connectivity index (χ0) is 12.8. The van der Waals surface area contributed by atoms with Crippen LogP contribution in [0.2, 0.25) is 0 Å². The van der Waals surface area contributed by atoms with Gasteiger partial charge in [-0.3, -0.25) is 4.79 Å². The summed E-state index contributed by atoms with van der Waals surface area (Å²) in [4.78, 5) is 19.1. The van der Waals surface area contributed by atoms with Crippen LogP contribution in [0.4, 0.5) is 11.6 Å². The fourth-order valence-corrected chi connectivity index (χ4v) is 1.36. The highest BCUT2D eigenvalue weighted by Gasteiger charge is 2.10. The molecule has 2 aromatic rings. The molecule has 0 unspecified atom stereocenters. The summed E-state index contributed by atoms with van der Waals surface area (Å²) in [6.45, 7) is 1.63. The Balaban J connectivity index is 0.00000180. The Kier molecular flexibility index (Phi) is 5.63. The lowest BCUT2D eigenvalue weighted by molar-refractivity contribution is -0.102. The van der Waals surface area contributed by atoms with E-state index in [0.29, 0.717) is 23.6 Å². The van der Waals surface area contributed by atoms with E-state index in [4.69, 9.17) is 0 Å². The maximum atomic E-state index is 10.7. The highest BCUT2D eigenvalue weighted by molar-refractivity contribution is 6.27. The van der Waals surface area contributed by atoms with Crippen molar-refractivity contribution in [1.82, 2.24) is 9.97 Å². The Hall–Kier alpha value is -2.27. The summed E-state index contributed by atoms with van der Waals surface area (Å²) in [7, 11) is 0. The molecule has 0 N–H and O–H groups in total. The van der Waals surface area contributed by atoms with Gasteiger partial charge in [0.15, 0.2) is 17.9 Å². The lowest BCUT2D eigenvalue weighted by atomic mass is 10.4. The number of hydrogen-bond donors (Lipinski definition) is 0. The van der Waals surface area contributed by atoms with Crippen molar-refractivity contribution in [3.05, 3.63) is 48.8 Å². The number of hydrogen-bond acceptors (Lipinski definition) is 5. The summed E-state index contributed by atoms with van der Waals surface area (Å²) in [5, 5.41) is 5.72. The molecule has 0 aliphatic rings. The molecule has 0 spiro atoms. The molecule has 5 nitrogen and oxygen atoms in total. The van der Waals surface area contributed by atoms with Crippen LogP contribution in [0.25, 0.3) is 0 Å². The normalized spacial score (nSPS) is 10.5. The van der Waals surface area contributed by atoms with Crippen molar-refractivity contribution in [2.75, 3.05) is 5.01 Å². The van der Waals surface area contributed by atoms with Crippen molar-refractivity contribution >= 4 is 36.0 Å². The van der Waals surface area contributed by atoms with Crippen LogP contribution < -0.4 is 5.01 Å². The van der Waals surface area contributed by atoms with E-state index >= 15 is 0 Å². The number of pyridine rings is 2. The Morgan fingerprint density at radius 1 is 1.11 bits per heavy atom. The van der Waals surface area contributed by atoms with Gasteiger partial charge in [-0.2, -0.15) is 10.1 Å².